The molecule has 0 unspecified atom stereocenters. The van der Waals surface area contributed by atoms with Gasteiger partial charge in [-0.05, 0) is 42.7 Å². The molecule has 4 heteroatoms. The van der Waals surface area contributed by atoms with Gasteiger partial charge in [-0.25, -0.2) is 10.0 Å². The summed E-state index contributed by atoms with van der Waals surface area (Å²) >= 11 is 0. The van der Waals surface area contributed by atoms with Gasteiger partial charge in [-0.1, -0.05) is 36.4 Å². The van der Waals surface area contributed by atoms with Crippen LogP contribution in [0.3, 0.4) is 0 Å². The number of nitrogens with zero attached hydrogens (tertiary/aromatic N) is 3. The van der Waals surface area contributed by atoms with Gasteiger partial charge < -0.3 is 10.2 Å². The smallest absolute Gasteiger partial charge is 0.0414 e. The van der Waals surface area contributed by atoms with Gasteiger partial charge in [0.15, 0.2) is 0 Å². The SMILES string of the molecule is CC=C(Nc1ccc(C)c(N(C)C)c1)c1ccc(CN2CCN2C)cc1. The Bertz CT molecular complexity index is 777. The highest BCUT2D eigenvalue weighted by Crippen LogP contribution is 2.26. The molecule has 1 heterocycles. The van der Waals surface area contributed by atoms with Crippen LogP contribution in [0.5, 0.6) is 0 Å². The van der Waals surface area contributed by atoms with Gasteiger partial charge in [0.2, 0.25) is 0 Å². The van der Waals surface area contributed by atoms with Gasteiger partial charge in [0.25, 0.3) is 0 Å². The van der Waals surface area contributed by atoms with Gasteiger partial charge in [0.05, 0.1) is 0 Å². The van der Waals surface area contributed by atoms with Crippen LogP contribution in [-0.2, 0) is 6.54 Å². The molecule has 4 nitrogen and oxygen atoms in total. The Morgan fingerprint density at radius 1 is 1.12 bits per heavy atom. The van der Waals surface area contributed by atoms with Crippen molar-refractivity contribution in [3.63, 3.8) is 0 Å². The molecule has 1 N–H and O–H groups in total. The van der Waals surface area contributed by atoms with E-state index < -0.39 is 0 Å². The lowest BCUT2D eigenvalue weighted by atomic mass is 10.1. The number of aryl methyl sites for hydroxylation is 1. The summed E-state index contributed by atoms with van der Waals surface area (Å²) in [6.07, 6.45) is 2.13. The molecule has 0 amide bonds. The van der Waals surface area contributed by atoms with E-state index in [1.165, 1.54) is 22.4 Å². The van der Waals surface area contributed by atoms with E-state index in [0.29, 0.717) is 0 Å². The zero-order valence-corrected chi connectivity index (χ0v) is 16.6. The van der Waals surface area contributed by atoms with Crippen LogP contribution in [0.15, 0.2) is 48.5 Å². The van der Waals surface area contributed by atoms with E-state index in [2.05, 4.69) is 104 Å². The minimum atomic E-state index is 0.986. The van der Waals surface area contributed by atoms with Crippen LogP contribution in [0.2, 0.25) is 0 Å². The minimum absolute atomic E-state index is 0.986. The number of nitrogens with one attached hydrogen (secondary N) is 1. The number of hydrogen-bond acceptors (Lipinski definition) is 4. The number of anilines is 2. The fourth-order valence-electron chi connectivity index (χ4n) is 3.28. The molecular weight excluding hydrogens is 320 g/mol. The number of hydrogen-bond donors (Lipinski definition) is 1. The van der Waals surface area contributed by atoms with Crippen LogP contribution in [0.1, 0.15) is 23.6 Å². The summed E-state index contributed by atoms with van der Waals surface area (Å²) in [5.41, 5.74) is 7.31. The van der Waals surface area contributed by atoms with Gasteiger partial charge in [-0.15, -0.1) is 0 Å². The third kappa shape index (κ3) is 4.09. The summed E-state index contributed by atoms with van der Waals surface area (Å²) in [7, 11) is 6.30. The molecule has 0 saturated carbocycles. The lowest BCUT2D eigenvalue weighted by Crippen LogP contribution is -2.53. The van der Waals surface area contributed by atoms with Gasteiger partial charge in [0, 0.05) is 57.8 Å². The predicted octanol–water partition coefficient (Wildman–Crippen LogP) is 4.20. The summed E-state index contributed by atoms with van der Waals surface area (Å²) in [6, 6.07) is 15.4. The monoisotopic (exact) mass is 350 g/mol. The van der Waals surface area contributed by atoms with Crippen LogP contribution >= 0.6 is 0 Å². The molecule has 138 valence electrons. The zero-order valence-electron chi connectivity index (χ0n) is 16.6. The molecule has 1 saturated heterocycles. The second-order valence-corrected chi connectivity index (χ2v) is 7.19. The Morgan fingerprint density at radius 3 is 2.38 bits per heavy atom. The Labute approximate surface area is 157 Å². The molecule has 1 aliphatic heterocycles. The number of hydrazine groups is 1. The maximum absolute atomic E-state index is 3.57. The highest BCUT2D eigenvalue weighted by molar-refractivity contribution is 5.78. The van der Waals surface area contributed by atoms with Crippen molar-refractivity contribution in [3.8, 4) is 0 Å². The first kappa shape index (κ1) is 18.5. The molecule has 0 aliphatic carbocycles. The largest absolute Gasteiger partial charge is 0.377 e. The standard InChI is InChI=1S/C22H30N4/c1-6-21(23-20-12-7-17(2)22(15-20)24(3)4)19-10-8-18(9-11-19)16-26-14-13-25(26)5/h6-12,15,23H,13-14,16H2,1-5H3. The average molecular weight is 351 g/mol. The Morgan fingerprint density at radius 2 is 1.85 bits per heavy atom. The van der Waals surface area contributed by atoms with E-state index in [9.17, 15) is 0 Å². The molecule has 2 aromatic rings. The molecule has 0 bridgehead atoms. The molecule has 0 radical (unpaired) electrons. The van der Waals surface area contributed by atoms with Crippen LogP contribution < -0.4 is 10.2 Å². The third-order valence-electron chi connectivity index (χ3n) is 5.05. The van der Waals surface area contributed by atoms with Crippen molar-refractivity contribution in [1.82, 2.24) is 10.0 Å². The van der Waals surface area contributed by atoms with Gasteiger partial charge in [-0.2, -0.15) is 0 Å². The van der Waals surface area contributed by atoms with Crippen LogP contribution in [0.4, 0.5) is 11.4 Å². The molecular formula is C22H30N4. The van der Waals surface area contributed by atoms with Gasteiger partial charge in [0.1, 0.15) is 0 Å². The number of benzene rings is 2. The maximum atomic E-state index is 3.57. The lowest BCUT2D eigenvalue weighted by molar-refractivity contribution is -0.0964. The van der Waals surface area contributed by atoms with Gasteiger partial charge in [-0.3, -0.25) is 0 Å². The zero-order chi connectivity index (χ0) is 18.7. The third-order valence-corrected chi connectivity index (χ3v) is 5.05. The van der Waals surface area contributed by atoms with E-state index in [4.69, 9.17) is 0 Å². The van der Waals surface area contributed by atoms with E-state index in [1.54, 1.807) is 0 Å². The molecule has 1 aliphatic rings. The molecule has 26 heavy (non-hydrogen) atoms. The first-order valence-electron chi connectivity index (χ1n) is 9.24. The van der Waals surface area contributed by atoms with E-state index in [-0.39, 0.29) is 0 Å². The highest BCUT2D eigenvalue weighted by Gasteiger charge is 2.20. The van der Waals surface area contributed by atoms with Crippen LogP contribution in [0.25, 0.3) is 5.70 Å². The second-order valence-electron chi connectivity index (χ2n) is 7.19. The lowest BCUT2D eigenvalue weighted by Gasteiger charge is -2.41. The van der Waals surface area contributed by atoms with Crippen molar-refractivity contribution in [3.05, 3.63) is 65.2 Å². The van der Waals surface area contributed by atoms with Crippen molar-refractivity contribution >= 4 is 17.1 Å². The molecule has 3 rings (SSSR count). The van der Waals surface area contributed by atoms with Crippen LogP contribution in [-0.4, -0.2) is 44.3 Å². The van der Waals surface area contributed by atoms with Crippen LogP contribution in [0, 0.1) is 6.92 Å². The number of allylic oxidation sites excluding steroid dienone is 1. The summed E-state index contributed by atoms with van der Waals surface area (Å²) in [5.74, 6) is 0. The topological polar surface area (TPSA) is 21.8 Å². The maximum Gasteiger partial charge on any atom is 0.0414 e. The highest BCUT2D eigenvalue weighted by atomic mass is 15.7. The molecule has 0 spiro atoms. The van der Waals surface area contributed by atoms with Crippen molar-refractivity contribution in [2.45, 2.75) is 20.4 Å². The van der Waals surface area contributed by atoms with Crippen molar-refractivity contribution < 1.29 is 0 Å². The molecule has 0 aromatic heterocycles. The quantitative estimate of drug-likeness (QED) is 0.843. The number of likely N-dealkylation sites (N-methyl/N-ethyl adjacent to an activating group) is 1. The minimum Gasteiger partial charge on any atom is -0.377 e. The Balaban J connectivity index is 1.72. The summed E-state index contributed by atoms with van der Waals surface area (Å²) < 4.78 is 0. The normalized spacial score (nSPS) is 15.7. The summed E-state index contributed by atoms with van der Waals surface area (Å²) in [5, 5.41) is 8.20. The number of rotatable bonds is 6. The van der Waals surface area contributed by atoms with Crippen molar-refractivity contribution in [2.75, 3.05) is 44.4 Å². The second kappa shape index (κ2) is 7.94. The van der Waals surface area contributed by atoms with E-state index in [1.807, 2.05) is 0 Å². The van der Waals surface area contributed by atoms with Crippen molar-refractivity contribution in [1.29, 1.82) is 0 Å². The molecule has 0 atom stereocenters. The molecule has 2 aromatic carbocycles. The fourth-order valence-corrected chi connectivity index (χ4v) is 3.28. The fraction of sp³-hybridized carbons (Fsp3) is 0.364. The van der Waals surface area contributed by atoms with Gasteiger partial charge >= 0.3 is 0 Å². The van der Waals surface area contributed by atoms with E-state index in [0.717, 1.165) is 31.0 Å². The average Bonchev–Trinajstić information content (AvgIpc) is 2.64. The molecule has 1 fully saturated rings. The first-order chi connectivity index (χ1) is 12.5. The Kier molecular flexibility index (Phi) is 5.64. The summed E-state index contributed by atoms with van der Waals surface area (Å²) in [6.45, 7) is 7.52. The Hall–Kier alpha value is -2.30. The summed E-state index contributed by atoms with van der Waals surface area (Å²) in [4.78, 5) is 2.15. The van der Waals surface area contributed by atoms with Crippen molar-refractivity contribution in [2.24, 2.45) is 0 Å². The first-order valence-corrected chi connectivity index (χ1v) is 9.24. The predicted molar refractivity (Wildman–Crippen MR) is 112 cm³/mol. The van der Waals surface area contributed by atoms with E-state index >= 15 is 0 Å².